The number of anilines is 1. The number of hydrogen-bond donors (Lipinski definition) is 1. The maximum Gasteiger partial charge on any atom is 0.288 e. The zero-order valence-electron chi connectivity index (χ0n) is 10.2. The number of hydrogen-bond acceptors (Lipinski definition) is 2. The Morgan fingerprint density at radius 3 is 2.41 bits per heavy atom. The summed E-state index contributed by atoms with van der Waals surface area (Å²) in [7, 11) is 0. The molecule has 1 rings (SSSR count). The van der Waals surface area contributed by atoms with Crippen LogP contribution in [0.2, 0.25) is 0 Å². The molecule has 0 amide bonds. The summed E-state index contributed by atoms with van der Waals surface area (Å²) in [6, 6.07) is 7.23. The van der Waals surface area contributed by atoms with Gasteiger partial charge in [0.15, 0.2) is 0 Å². The van der Waals surface area contributed by atoms with E-state index in [4.69, 9.17) is 0 Å². The first-order valence-electron chi connectivity index (χ1n) is 5.95. The minimum absolute atomic E-state index is 0.596. The second kappa shape index (κ2) is 7.54. The Hall–Kier alpha value is -0.770. The van der Waals surface area contributed by atoms with Gasteiger partial charge >= 0.3 is 0 Å². The lowest BCUT2D eigenvalue weighted by atomic mass is 10.0. The third kappa shape index (κ3) is 4.94. The minimum atomic E-state index is -2.37. The van der Waals surface area contributed by atoms with Crippen LogP contribution in [0.4, 0.5) is 14.5 Å². The Labute approximate surface area is 106 Å². The monoisotopic (exact) mass is 259 g/mol. The average Bonchev–Trinajstić information content (AvgIpc) is 2.31. The Morgan fingerprint density at radius 1 is 1.18 bits per heavy atom. The zero-order valence-corrected chi connectivity index (χ0v) is 11.1. The molecule has 1 nitrogen and oxygen atoms in total. The molecule has 0 bridgehead atoms. The summed E-state index contributed by atoms with van der Waals surface area (Å²) in [5, 5.41) is 3.27. The van der Waals surface area contributed by atoms with Gasteiger partial charge < -0.3 is 5.32 Å². The smallest absolute Gasteiger partial charge is 0.288 e. The van der Waals surface area contributed by atoms with Crippen LogP contribution in [-0.2, 0) is 0 Å². The molecule has 0 saturated heterocycles. The average molecular weight is 259 g/mol. The van der Waals surface area contributed by atoms with Gasteiger partial charge in [0.25, 0.3) is 5.76 Å². The Balaban J connectivity index is 2.63. The molecule has 0 aliphatic carbocycles. The lowest BCUT2D eigenvalue weighted by Gasteiger charge is -2.16. The summed E-state index contributed by atoms with van der Waals surface area (Å²) >= 11 is 0.596. The van der Waals surface area contributed by atoms with Crippen molar-refractivity contribution >= 4 is 17.4 Å². The third-order valence-corrected chi connectivity index (χ3v) is 3.63. The van der Waals surface area contributed by atoms with E-state index >= 15 is 0 Å². The molecule has 0 radical (unpaired) electrons. The third-order valence-electron chi connectivity index (χ3n) is 2.84. The zero-order chi connectivity index (χ0) is 12.7. The number of alkyl halides is 2. The first-order valence-corrected chi connectivity index (χ1v) is 6.83. The molecule has 0 saturated carbocycles. The van der Waals surface area contributed by atoms with Crippen LogP contribution in [0.5, 0.6) is 0 Å². The molecule has 0 fully saturated rings. The molecule has 1 aromatic carbocycles. The number of nitrogens with one attached hydrogen (secondary N) is 1. The van der Waals surface area contributed by atoms with E-state index in [1.54, 1.807) is 12.1 Å². The van der Waals surface area contributed by atoms with Gasteiger partial charge in [0.1, 0.15) is 0 Å². The molecular formula is C13H19F2NS. The molecule has 1 aromatic rings. The standard InChI is InChI=1S/C13H19F2NS/c1-3-10(4-2)9-16-11-7-5-6-8-12(11)17-13(14)15/h5-8,10,13,16H,3-4,9H2,1-2H3. The lowest BCUT2D eigenvalue weighted by molar-refractivity contribution is 0.252. The molecule has 0 spiro atoms. The normalized spacial score (nSPS) is 11.2. The highest BCUT2D eigenvalue weighted by atomic mass is 32.2. The minimum Gasteiger partial charge on any atom is -0.384 e. The molecule has 4 heteroatoms. The highest BCUT2D eigenvalue weighted by molar-refractivity contribution is 7.99. The van der Waals surface area contributed by atoms with E-state index in [1.165, 1.54) is 0 Å². The molecule has 0 heterocycles. The first kappa shape index (κ1) is 14.3. The summed E-state index contributed by atoms with van der Waals surface area (Å²) < 4.78 is 24.7. The maximum absolute atomic E-state index is 12.4. The van der Waals surface area contributed by atoms with E-state index in [0.29, 0.717) is 22.6 Å². The summed E-state index contributed by atoms with van der Waals surface area (Å²) in [4.78, 5) is 0.619. The van der Waals surface area contributed by atoms with Crippen molar-refractivity contribution in [3.8, 4) is 0 Å². The van der Waals surface area contributed by atoms with Gasteiger partial charge in [-0.25, -0.2) is 0 Å². The van der Waals surface area contributed by atoms with Crippen LogP contribution in [0.1, 0.15) is 26.7 Å². The number of thioether (sulfide) groups is 1. The van der Waals surface area contributed by atoms with Gasteiger partial charge in [-0.3, -0.25) is 0 Å². The summed E-state index contributed by atoms with van der Waals surface area (Å²) in [6.07, 6.45) is 2.21. The quantitative estimate of drug-likeness (QED) is 0.702. The summed E-state index contributed by atoms with van der Waals surface area (Å²) in [6.45, 7) is 5.14. The van der Waals surface area contributed by atoms with Crippen LogP contribution in [0.15, 0.2) is 29.2 Å². The second-order valence-electron chi connectivity index (χ2n) is 3.94. The van der Waals surface area contributed by atoms with Gasteiger partial charge in [-0.1, -0.05) is 50.6 Å². The van der Waals surface area contributed by atoms with Crippen molar-refractivity contribution in [3.05, 3.63) is 24.3 Å². The maximum atomic E-state index is 12.4. The molecule has 0 unspecified atom stereocenters. The van der Waals surface area contributed by atoms with Gasteiger partial charge in [-0.15, -0.1) is 0 Å². The molecule has 0 atom stereocenters. The van der Waals surface area contributed by atoms with Crippen LogP contribution in [-0.4, -0.2) is 12.3 Å². The van der Waals surface area contributed by atoms with Crippen molar-refractivity contribution in [1.29, 1.82) is 0 Å². The predicted octanol–water partition coefficient (Wildman–Crippen LogP) is 4.85. The van der Waals surface area contributed by atoms with Crippen molar-refractivity contribution in [2.75, 3.05) is 11.9 Å². The van der Waals surface area contributed by atoms with E-state index in [2.05, 4.69) is 19.2 Å². The van der Waals surface area contributed by atoms with Crippen molar-refractivity contribution in [3.63, 3.8) is 0 Å². The van der Waals surface area contributed by atoms with E-state index in [-0.39, 0.29) is 0 Å². The first-order chi connectivity index (χ1) is 8.17. The van der Waals surface area contributed by atoms with Gasteiger partial charge in [0, 0.05) is 17.1 Å². The van der Waals surface area contributed by atoms with Crippen LogP contribution in [0.25, 0.3) is 0 Å². The van der Waals surface area contributed by atoms with Gasteiger partial charge in [-0.2, -0.15) is 8.78 Å². The SMILES string of the molecule is CCC(CC)CNc1ccccc1SC(F)F. The van der Waals surface area contributed by atoms with Crippen molar-refractivity contribution < 1.29 is 8.78 Å². The predicted molar refractivity (Wildman–Crippen MR) is 70.9 cm³/mol. The van der Waals surface area contributed by atoms with Crippen LogP contribution in [0, 0.1) is 5.92 Å². The van der Waals surface area contributed by atoms with Gasteiger partial charge in [0.2, 0.25) is 0 Å². The van der Waals surface area contributed by atoms with Crippen LogP contribution < -0.4 is 5.32 Å². The molecule has 96 valence electrons. The number of rotatable bonds is 7. The largest absolute Gasteiger partial charge is 0.384 e. The van der Waals surface area contributed by atoms with E-state index in [9.17, 15) is 8.78 Å². The number of halogens is 2. The summed E-state index contributed by atoms with van der Waals surface area (Å²) in [5.41, 5.74) is 0.810. The topological polar surface area (TPSA) is 12.0 Å². The second-order valence-corrected chi connectivity index (χ2v) is 4.97. The Morgan fingerprint density at radius 2 is 1.82 bits per heavy atom. The Bertz CT molecular complexity index is 327. The van der Waals surface area contributed by atoms with Crippen molar-refractivity contribution in [1.82, 2.24) is 0 Å². The summed E-state index contributed by atoms with van der Waals surface area (Å²) in [5.74, 6) is -1.77. The molecular weight excluding hydrogens is 240 g/mol. The highest BCUT2D eigenvalue weighted by Gasteiger charge is 2.10. The van der Waals surface area contributed by atoms with E-state index < -0.39 is 5.76 Å². The molecule has 1 N–H and O–H groups in total. The van der Waals surface area contributed by atoms with Gasteiger partial charge in [0.05, 0.1) is 0 Å². The molecule has 0 aliphatic rings. The highest BCUT2D eigenvalue weighted by Crippen LogP contribution is 2.31. The van der Waals surface area contributed by atoms with Crippen LogP contribution in [0.3, 0.4) is 0 Å². The van der Waals surface area contributed by atoms with Crippen LogP contribution >= 0.6 is 11.8 Å². The fourth-order valence-corrected chi connectivity index (χ4v) is 2.26. The lowest BCUT2D eigenvalue weighted by Crippen LogP contribution is -2.13. The van der Waals surface area contributed by atoms with Crippen molar-refractivity contribution in [2.45, 2.75) is 37.3 Å². The molecule has 17 heavy (non-hydrogen) atoms. The number of benzene rings is 1. The van der Waals surface area contributed by atoms with Gasteiger partial charge in [-0.05, 0) is 18.1 Å². The molecule has 0 aliphatic heterocycles. The van der Waals surface area contributed by atoms with E-state index in [1.807, 2.05) is 12.1 Å². The fourth-order valence-electron chi connectivity index (χ4n) is 1.64. The van der Waals surface area contributed by atoms with E-state index in [0.717, 1.165) is 25.1 Å². The van der Waals surface area contributed by atoms with Crippen molar-refractivity contribution in [2.24, 2.45) is 5.92 Å². The fraction of sp³-hybridized carbons (Fsp3) is 0.538. The Kier molecular flexibility index (Phi) is 6.34. The molecule has 0 aromatic heterocycles. The number of para-hydroxylation sites is 1.